The summed E-state index contributed by atoms with van der Waals surface area (Å²) in [5.41, 5.74) is 0. The monoisotopic (exact) mass is 175 g/mol. The molecule has 74 valence electrons. The molecule has 0 saturated carbocycles. The summed E-state index contributed by atoms with van der Waals surface area (Å²) in [5.74, 6) is 0. The number of rotatable bonds is 7. The van der Waals surface area contributed by atoms with E-state index in [-0.39, 0.29) is 6.61 Å². The lowest BCUT2D eigenvalue weighted by atomic mass is 10.3. The first-order valence-electron chi connectivity index (χ1n) is 4.75. The minimum absolute atomic E-state index is 0.135. The zero-order valence-corrected chi connectivity index (χ0v) is 8.16. The summed E-state index contributed by atoms with van der Waals surface area (Å²) < 4.78 is 0. The maximum atomic E-state index is 9.19. The molecule has 3 heteroatoms. The van der Waals surface area contributed by atoms with E-state index in [0.29, 0.717) is 6.54 Å². The second-order valence-corrected chi connectivity index (χ2v) is 3.14. The van der Waals surface area contributed by atoms with Crippen molar-refractivity contribution in [2.24, 2.45) is 0 Å². The van der Waals surface area contributed by atoms with Crippen molar-refractivity contribution in [3.63, 3.8) is 0 Å². The van der Waals surface area contributed by atoms with Crippen LogP contribution in [-0.2, 0) is 0 Å². The summed E-state index contributed by atoms with van der Waals surface area (Å²) >= 11 is 0. The predicted molar refractivity (Wildman–Crippen MR) is 50.1 cm³/mol. The maximum Gasteiger partial charge on any atom is 0.0897 e. The summed E-state index contributed by atoms with van der Waals surface area (Å²) in [4.78, 5) is 2.18. The van der Waals surface area contributed by atoms with Crippen LogP contribution in [0, 0.1) is 0 Å². The zero-order chi connectivity index (χ0) is 9.40. The molecule has 0 fully saturated rings. The summed E-state index contributed by atoms with van der Waals surface area (Å²) in [7, 11) is 0. The second-order valence-electron chi connectivity index (χ2n) is 3.14. The van der Waals surface area contributed by atoms with Gasteiger partial charge in [-0.3, -0.25) is 0 Å². The lowest BCUT2D eigenvalue weighted by molar-refractivity contribution is 0.0591. The molecule has 0 saturated heterocycles. The van der Waals surface area contributed by atoms with Gasteiger partial charge in [0, 0.05) is 6.54 Å². The van der Waals surface area contributed by atoms with E-state index in [9.17, 15) is 5.11 Å². The average molecular weight is 175 g/mol. The third-order valence-electron chi connectivity index (χ3n) is 1.76. The van der Waals surface area contributed by atoms with Gasteiger partial charge in [-0.2, -0.15) is 0 Å². The minimum Gasteiger partial charge on any atom is -0.394 e. The third-order valence-corrected chi connectivity index (χ3v) is 1.76. The lowest BCUT2D eigenvalue weighted by Crippen LogP contribution is -2.35. The van der Waals surface area contributed by atoms with Crippen LogP contribution in [0.2, 0.25) is 0 Å². The first-order valence-corrected chi connectivity index (χ1v) is 4.75. The molecule has 0 spiro atoms. The van der Waals surface area contributed by atoms with Crippen LogP contribution in [0.25, 0.3) is 0 Å². The molecule has 0 aromatic rings. The van der Waals surface area contributed by atoms with Crippen LogP contribution in [0.1, 0.15) is 26.7 Å². The molecule has 0 aliphatic heterocycles. The van der Waals surface area contributed by atoms with E-state index >= 15 is 0 Å². The lowest BCUT2D eigenvalue weighted by Gasteiger charge is -2.22. The van der Waals surface area contributed by atoms with Crippen molar-refractivity contribution in [1.29, 1.82) is 0 Å². The normalized spacial score (nSPS) is 13.8. The summed E-state index contributed by atoms with van der Waals surface area (Å²) in [6, 6.07) is 0. The second kappa shape index (κ2) is 7.53. The Hall–Kier alpha value is -0.120. The Labute approximate surface area is 75.0 Å². The molecule has 1 atom stereocenters. The summed E-state index contributed by atoms with van der Waals surface area (Å²) in [6.45, 7) is 6.71. The molecular formula is C9H21NO2. The fourth-order valence-electron chi connectivity index (χ4n) is 1.28. The number of hydrogen-bond acceptors (Lipinski definition) is 3. The number of nitrogens with zero attached hydrogens (tertiary/aromatic N) is 1. The third kappa shape index (κ3) is 5.52. The van der Waals surface area contributed by atoms with Crippen LogP contribution in [0.3, 0.4) is 0 Å². The van der Waals surface area contributed by atoms with Gasteiger partial charge in [0.1, 0.15) is 0 Å². The number of aliphatic hydroxyl groups is 2. The van der Waals surface area contributed by atoms with Crippen molar-refractivity contribution in [2.45, 2.75) is 32.8 Å². The molecule has 1 unspecified atom stereocenters. The van der Waals surface area contributed by atoms with Gasteiger partial charge >= 0.3 is 0 Å². The molecule has 0 heterocycles. The fourth-order valence-corrected chi connectivity index (χ4v) is 1.28. The molecule has 0 aromatic heterocycles. The Balaban J connectivity index is 3.61. The molecule has 0 radical (unpaired) electrons. The van der Waals surface area contributed by atoms with E-state index in [2.05, 4.69) is 18.7 Å². The molecular weight excluding hydrogens is 154 g/mol. The Morgan fingerprint density at radius 3 is 2.00 bits per heavy atom. The Morgan fingerprint density at radius 1 is 1.17 bits per heavy atom. The highest BCUT2D eigenvalue weighted by atomic mass is 16.3. The van der Waals surface area contributed by atoms with Gasteiger partial charge in [-0.1, -0.05) is 13.8 Å². The van der Waals surface area contributed by atoms with Crippen LogP contribution >= 0.6 is 0 Å². The van der Waals surface area contributed by atoms with Gasteiger partial charge in [-0.15, -0.1) is 0 Å². The Morgan fingerprint density at radius 2 is 1.67 bits per heavy atom. The van der Waals surface area contributed by atoms with Gasteiger partial charge in [0.2, 0.25) is 0 Å². The Bertz CT molecular complexity index is 92.5. The van der Waals surface area contributed by atoms with Gasteiger partial charge in [0.15, 0.2) is 0 Å². The molecule has 2 N–H and O–H groups in total. The highest BCUT2D eigenvalue weighted by molar-refractivity contribution is 4.62. The Kier molecular flexibility index (Phi) is 7.45. The molecule has 0 amide bonds. The molecule has 12 heavy (non-hydrogen) atoms. The molecule has 3 nitrogen and oxygen atoms in total. The first-order chi connectivity index (χ1) is 5.74. The predicted octanol–water partition coefficient (Wildman–Crippen LogP) is 0.462. The van der Waals surface area contributed by atoms with Crippen molar-refractivity contribution in [1.82, 2.24) is 4.90 Å². The first kappa shape index (κ1) is 11.9. The van der Waals surface area contributed by atoms with Gasteiger partial charge in [0.25, 0.3) is 0 Å². The topological polar surface area (TPSA) is 43.7 Å². The zero-order valence-electron chi connectivity index (χ0n) is 8.16. The number of aliphatic hydroxyl groups excluding tert-OH is 2. The molecule has 0 bridgehead atoms. The highest BCUT2D eigenvalue weighted by Gasteiger charge is 2.08. The van der Waals surface area contributed by atoms with Crippen LogP contribution in [0.4, 0.5) is 0 Å². The van der Waals surface area contributed by atoms with Crippen molar-refractivity contribution >= 4 is 0 Å². The molecule has 0 aliphatic rings. The standard InChI is InChI=1S/C9H21NO2/c1-3-5-10(6-4-2)7-9(12)8-11/h9,11-12H,3-8H2,1-2H3. The highest BCUT2D eigenvalue weighted by Crippen LogP contribution is 1.96. The van der Waals surface area contributed by atoms with Crippen molar-refractivity contribution in [3.8, 4) is 0 Å². The SMILES string of the molecule is CCCN(CCC)CC(O)CO. The maximum absolute atomic E-state index is 9.19. The molecule has 0 aromatic carbocycles. The minimum atomic E-state index is -0.580. The largest absolute Gasteiger partial charge is 0.394 e. The average Bonchev–Trinajstić information content (AvgIpc) is 2.05. The van der Waals surface area contributed by atoms with Gasteiger partial charge in [-0.05, 0) is 25.9 Å². The van der Waals surface area contributed by atoms with Crippen molar-refractivity contribution in [3.05, 3.63) is 0 Å². The van der Waals surface area contributed by atoms with Crippen molar-refractivity contribution < 1.29 is 10.2 Å². The quantitative estimate of drug-likeness (QED) is 0.591. The van der Waals surface area contributed by atoms with E-state index in [1.165, 1.54) is 0 Å². The van der Waals surface area contributed by atoms with E-state index in [0.717, 1.165) is 25.9 Å². The fraction of sp³-hybridized carbons (Fsp3) is 1.00. The van der Waals surface area contributed by atoms with Crippen molar-refractivity contribution in [2.75, 3.05) is 26.2 Å². The van der Waals surface area contributed by atoms with E-state index in [1.54, 1.807) is 0 Å². The number of hydrogen-bond donors (Lipinski definition) is 2. The van der Waals surface area contributed by atoms with Crippen LogP contribution in [-0.4, -0.2) is 47.5 Å². The smallest absolute Gasteiger partial charge is 0.0897 e. The summed E-state index contributed by atoms with van der Waals surface area (Å²) in [6.07, 6.45) is 1.61. The molecule has 0 aliphatic carbocycles. The van der Waals surface area contributed by atoms with Gasteiger partial charge in [-0.25, -0.2) is 0 Å². The van der Waals surface area contributed by atoms with E-state index in [1.807, 2.05) is 0 Å². The summed E-state index contributed by atoms with van der Waals surface area (Å²) in [5, 5.41) is 17.8. The van der Waals surface area contributed by atoms with E-state index in [4.69, 9.17) is 5.11 Å². The van der Waals surface area contributed by atoms with Crippen LogP contribution in [0.5, 0.6) is 0 Å². The van der Waals surface area contributed by atoms with E-state index < -0.39 is 6.10 Å². The van der Waals surface area contributed by atoms with Crippen LogP contribution in [0.15, 0.2) is 0 Å². The molecule has 0 rings (SSSR count). The van der Waals surface area contributed by atoms with Gasteiger partial charge in [0.05, 0.1) is 12.7 Å². The van der Waals surface area contributed by atoms with Gasteiger partial charge < -0.3 is 15.1 Å². The van der Waals surface area contributed by atoms with Crippen LogP contribution < -0.4 is 0 Å².